The monoisotopic (exact) mass is 567 g/mol. The second-order valence-electron chi connectivity index (χ2n) is 10.5. The van der Waals surface area contributed by atoms with Crippen LogP contribution in [0.25, 0.3) is 76.3 Å². The van der Waals surface area contributed by atoms with E-state index in [0.29, 0.717) is 0 Å². The summed E-state index contributed by atoms with van der Waals surface area (Å²) in [7, 11) is 0. The van der Waals surface area contributed by atoms with Crippen molar-refractivity contribution in [3.05, 3.63) is 152 Å². The minimum Gasteiger partial charge on any atom is -0.264 e. The molecule has 8 aromatic rings. The third-order valence-electron chi connectivity index (χ3n) is 7.80. The van der Waals surface area contributed by atoms with Crippen molar-refractivity contribution < 1.29 is 0 Å². The number of fused-ring (bicyclic) bond motifs is 3. The first-order valence-corrected chi connectivity index (χ1v) is 15.1. The molecule has 0 aliphatic heterocycles. The van der Waals surface area contributed by atoms with E-state index in [0.717, 1.165) is 56.2 Å². The zero-order valence-electron chi connectivity index (χ0n) is 23.2. The van der Waals surface area contributed by atoms with E-state index in [2.05, 4.69) is 126 Å². The van der Waals surface area contributed by atoms with Crippen LogP contribution in [0.15, 0.2) is 152 Å². The minimum absolute atomic E-state index is 0.858. The summed E-state index contributed by atoms with van der Waals surface area (Å²) in [5.74, 6) is 0. The van der Waals surface area contributed by atoms with Gasteiger partial charge in [-0.05, 0) is 29.3 Å². The quantitative estimate of drug-likeness (QED) is 0.208. The fourth-order valence-corrected chi connectivity index (χ4v) is 6.81. The van der Waals surface area contributed by atoms with Crippen molar-refractivity contribution in [3.8, 4) is 56.2 Å². The highest BCUT2D eigenvalue weighted by atomic mass is 32.1. The molecule has 0 aliphatic rings. The number of nitrogens with zero attached hydrogens (tertiary/aromatic N) is 3. The standard InChI is InChI=1S/C39H25N3S/c1-3-10-27(11-4-1)36-37(28-12-5-2-6-13-28)42-39(30-21-22-33-32-15-7-8-16-34(32)43-35(33)24-30)38(41-36)29-19-17-26(18-20-29)31-14-9-23-40-25-31/h1-25H. The fraction of sp³-hybridized carbons (Fsp3) is 0. The SMILES string of the molecule is c1ccc(-c2nc(-c3ccc(-c4cccnc4)cc3)c(-c3ccc4c(c3)sc3ccccc34)nc2-c2ccccc2)cc1. The Morgan fingerprint density at radius 1 is 0.372 bits per heavy atom. The van der Waals surface area contributed by atoms with Gasteiger partial charge >= 0.3 is 0 Å². The number of aromatic nitrogens is 3. The molecule has 0 spiro atoms. The maximum absolute atomic E-state index is 5.44. The third kappa shape index (κ3) is 4.68. The lowest BCUT2D eigenvalue weighted by Gasteiger charge is -2.16. The molecule has 3 heterocycles. The molecule has 0 bridgehead atoms. The minimum atomic E-state index is 0.858. The molecule has 0 atom stereocenters. The summed E-state index contributed by atoms with van der Waals surface area (Å²) >= 11 is 1.82. The van der Waals surface area contributed by atoms with Crippen LogP contribution in [-0.2, 0) is 0 Å². The molecule has 5 aromatic carbocycles. The lowest BCUT2D eigenvalue weighted by molar-refractivity contribution is 1.22. The van der Waals surface area contributed by atoms with Crippen LogP contribution in [0.1, 0.15) is 0 Å². The average molecular weight is 568 g/mol. The highest BCUT2D eigenvalue weighted by Gasteiger charge is 2.20. The van der Waals surface area contributed by atoms with Crippen molar-refractivity contribution in [1.82, 2.24) is 15.0 Å². The first kappa shape index (κ1) is 25.3. The van der Waals surface area contributed by atoms with E-state index in [-0.39, 0.29) is 0 Å². The molecule has 8 rings (SSSR count). The van der Waals surface area contributed by atoms with Gasteiger partial charge in [0, 0.05) is 54.8 Å². The molecule has 43 heavy (non-hydrogen) atoms. The van der Waals surface area contributed by atoms with Gasteiger partial charge in [0.1, 0.15) is 0 Å². The number of benzene rings is 5. The van der Waals surface area contributed by atoms with Gasteiger partial charge in [0.15, 0.2) is 0 Å². The van der Waals surface area contributed by atoms with Crippen molar-refractivity contribution in [2.75, 3.05) is 0 Å². The second-order valence-corrected chi connectivity index (χ2v) is 11.6. The predicted molar refractivity (Wildman–Crippen MR) is 180 cm³/mol. The maximum Gasteiger partial charge on any atom is 0.0973 e. The summed E-state index contributed by atoms with van der Waals surface area (Å²) in [6.07, 6.45) is 3.69. The van der Waals surface area contributed by atoms with E-state index >= 15 is 0 Å². The largest absolute Gasteiger partial charge is 0.264 e. The molecule has 0 saturated carbocycles. The van der Waals surface area contributed by atoms with Crippen molar-refractivity contribution >= 4 is 31.5 Å². The second kappa shape index (κ2) is 10.8. The molecule has 0 N–H and O–H groups in total. The first-order valence-electron chi connectivity index (χ1n) is 14.3. The highest BCUT2D eigenvalue weighted by Crippen LogP contribution is 2.40. The van der Waals surface area contributed by atoms with Gasteiger partial charge in [-0.15, -0.1) is 11.3 Å². The summed E-state index contributed by atoms with van der Waals surface area (Å²) < 4.78 is 2.53. The van der Waals surface area contributed by atoms with Crippen LogP contribution in [-0.4, -0.2) is 15.0 Å². The molecule has 0 radical (unpaired) electrons. The lowest BCUT2D eigenvalue weighted by Crippen LogP contribution is -2.00. The lowest BCUT2D eigenvalue weighted by atomic mass is 9.97. The molecule has 0 amide bonds. The Balaban J connectivity index is 1.38. The predicted octanol–water partition coefficient (Wildman–Crippen LogP) is 10.6. The molecular formula is C39H25N3S. The van der Waals surface area contributed by atoms with Crippen molar-refractivity contribution in [2.45, 2.75) is 0 Å². The normalized spacial score (nSPS) is 11.3. The van der Waals surface area contributed by atoms with Gasteiger partial charge in [-0.3, -0.25) is 4.98 Å². The van der Waals surface area contributed by atoms with Crippen LogP contribution < -0.4 is 0 Å². The third-order valence-corrected chi connectivity index (χ3v) is 8.93. The van der Waals surface area contributed by atoms with E-state index in [1.54, 1.807) is 6.20 Å². The van der Waals surface area contributed by atoms with E-state index < -0.39 is 0 Å². The van der Waals surface area contributed by atoms with Crippen molar-refractivity contribution in [3.63, 3.8) is 0 Å². The highest BCUT2D eigenvalue weighted by molar-refractivity contribution is 7.25. The van der Waals surface area contributed by atoms with Gasteiger partial charge in [-0.25, -0.2) is 9.97 Å². The number of rotatable bonds is 5. The molecule has 0 fully saturated rings. The topological polar surface area (TPSA) is 38.7 Å². The molecule has 4 heteroatoms. The summed E-state index contributed by atoms with van der Waals surface area (Å²) in [4.78, 5) is 15.2. The Morgan fingerprint density at radius 2 is 0.884 bits per heavy atom. The number of pyridine rings is 1. The number of hydrogen-bond donors (Lipinski definition) is 0. The summed E-state index contributed by atoms with van der Waals surface area (Å²) in [6, 6.07) is 48.6. The summed E-state index contributed by atoms with van der Waals surface area (Å²) in [6.45, 7) is 0. The van der Waals surface area contributed by atoms with Crippen LogP contribution in [0.3, 0.4) is 0 Å². The number of hydrogen-bond acceptors (Lipinski definition) is 4. The van der Waals surface area contributed by atoms with Crippen LogP contribution in [0.5, 0.6) is 0 Å². The van der Waals surface area contributed by atoms with Gasteiger partial charge in [-0.2, -0.15) is 0 Å². The maximum atomic E-state index is 5.44. The van der Waals surface area contributed by atoms with Crippen molar-refractivity contribution in [2.24, 2.45) is 0 Å². The molecule has 0 saturated heterocycles. The molecule has 3 aromatic heterocycles. The Labute approximate surface area is 253 Å². The van der Waals surface area contributed by atoms with Gasteiger partial charge in [0.05, 0.1) is 22.8 Å². The van der Waals surface area contributed by atoms with Crippen LogP contribution >= 0.6 is 11.3 Å². The van der Waals surface area contributed by atoms with Gasteiger partial charge in [0.2, 0.25) is 0 Å². The van der Waals surface area contributed by atoms with E-state index in [4.69, 9.17) is 9.97 Å². The molecule has 0 unspecified atom stereocenters. The van der Waals surface area contributed by atoms with E-state index in [9.17, 15) is 0 Å². The molecule has 0 aliphatic carbocycles. The Morgan fingerprint density at radius 3 is 1.53 bits per heavy atom. The van der Waals surface area contributed by atoms with Crippen LogP contribution in [0.4, 0.5) is 0 Å². The van der Waals surface area contributed by atoms with Crippen LogP contribution in [0.2, 0.25) is 0 Å². The van der Waals surface area contributed by atoms with Crippen molar-refractivity contribution in [1.29, 1.82) is 0 Å². The Kier molecular flexibility index (Phi) is 6.32. The zero-order valence-corrected chi connectivity index (χ0v) is 24.0. The van der Waals surface area contributed by atoms with E-state index in [1.165, 1.54) is 20.2 Å². The summed E-state index contributed by atoms with van der Waals surface area (Å²) in [5, 5.41) is 2.56. The van der Waals surface area contributed by atoms with E-state index in [1.807, 2.05) is 35.7 Å². The average Bonchev–Trinajstić information content (AvgIpc) is 3.47. The number of thiophene rings is 1. The summed E-state index contributed by atoms with van der Waals surface area (Å²) in [5.41, 5.74) is 9.80. The Bertz CT molecular complexity index is 2210. The van der Waals surface area contributed by atoms with Crippen LogP contribution in [0, 0.1) is 0 Å². The van der Waals surface area contributed by atoms with Gasteiger partial charge < -0.3 is 0 Å². The zero-order chi connectivity index (χ0) is 28.6. The molecular weight excluding hydrogens is 543 g/mol. The van der Waals surface area contributed by atoms with Gasteiger partial charge in [0.25, 0.3) is 0 Å². The molecule has 202 valence electrons. The first-order chi connectivity index (χ1) is 21.3. The molecule has 3 nitrogen and oxygen atoms in total. The fourth-order valence-electron chi connectivity index (χ4n) is 5.66. The Hall–Kier alpha value is -5.45. The van der Waals surface area contributed by atoms with Gasteiger partial charge in [-0.1, -0.05) is 121 Å². The smallest absolute Gasteiger partial charge is 0.0973 e.